The van der Waals surface area contributed by atoms with Crippen molar-refractivity contribution in [2.24, 2.45) is 14.1 Å². The van der Waals surface area contributed by atoms with Gasteiger partial charge < -0.3 is 38.6 Å². The molecule has 8 rings (SSSR count). The van der Waals surface area contributed by atoms with Crippen LogP contribution in [0.25, 0.3) is 34.4 Å². The van der Waals surface area contributed by atoms with Crippen molar-refractivity contribution in [3.05, 3.63) is 119 Å². The Kier molecular flexibility index (Phi) is 17.1. The number of sulfone groups is 2. The number of hydrogen-bond donors (Lipinski definition) is 2. The highest BCUT2D eigenvalue weighted by atomic mass is 32.2. The topological polar surface area (TPSA) is 287 Å². The van der Waals surface area contributed by atoms with Crippen molar-refractivity contribution in [2.75, 3.05) is 42.7 Å². The molecular formula is C50H60N12O12S2. The molecule has 0 aliphatic heterocycles. The maximum Gasteiger partial charge on any atom is 0.213 e. The number of aryl methyl sites for hydroxylation is 4. The fourth-order valence-corrected chi connectivity index (χ4v) is 10.7. The average molecular weight is 1090 g/mol. The molecule has 6 aromatic heterocycles. The predicted molar refractivity (Wildman–Crippen MR) is 278 cm³/mol. The van der Waals surface area contributed by atoms with E-state index in [9.17, 15) is 27.0 Å². The van der Waals surface area contributed by atoms with Gasteiger partial charge in [-0.2, -0.15) is 10.2 Å². The van der Waals surface area contributed by atoms with Gasteiger partial charge in [0, 0.05) is 37.6 Å². The van der Waals surface area contributed by atoms with Gasteiger partial charge in [0.25, 0.3) is 0 Å². The molecule has 8 aromatic rings. The first-order chi connectivity index (χ1) is 36.2. The van der Waals surface area contributed by atoms with Crippen LogP contribution in [0, 0.1) is 13.8 Å². The van der Waals surface area contributed by atoms with Crippen LogP contribution < -0.4 is 28.4 Å². The molecule has 0 saturated carbocycles. The third-order valence-corrected chi connectivity index (χ3v) is 16.7. The van der Waals surface area contributed by atoms with Crippen molar-refractivity contribution in [2.45, 2.75) is 61.9 Å². The van der Waals surface area contributed by atoms with Gasteiger partial charge in [-0.3, -0.25) is 18.5 Å². The van der Waals surface area contributed by atoms with Crippen molar-refractivity contribution in [1.82, 2.24) is 59.1 Å². The van der Waals surface area contributed by atoms with Crippen molar-refractivity contribution in [3.63, 3.8) is 0 Å². The third-order valence-electron chi connectivity index (χ3n) is 12.6. The van der Waals surface area contributed by atoms with Crippen molar-refractivity contribution < 1.29 is 55.5 Å². The summed E-state index contributed by atoms with van der Waals surface area (Å²) in [6.45, 7) is 6.52. The van der Waals surface area contributed by atoms with Crippen molar-refractivity contribution in [3.8, 4) is 69.2 Å². The van der Waals surface area contributed by atoms with Gasteiger partial charge in [0.1, 0.15) is 69.5 Å². The second-order valence-corrected chi connectivity index (χ2v) is 22.0. The summed E-state index contributed by atoms with van der Waals surface area (Å²) in [5, 5.41) is 44.9. The Balaban J connectivity index is 0.000000221. The summed E-state index contributed by atoms with van der Waals surface area (Å²) in [5.74, 6) is 1.94. The maximum atomic E-state index is 13.6. The van der Waals surface area contributed by atoms with Crippen molar-refractivity contribution >= 4 is 19.7 Å². The van der Waals surface area contributed by atoms with E-state index in [1.807, 2.05) is 13.8 Å². The van der Waals surface area contributed by atoms with E-state index in [0.717, 1.165) is 11.4 Å². The summed E-state index contributed by atoms with van der Waals surface area (Å²) >= 11 is 0. The molecule has 0 unspecified atom stereocenters. The molecule has 0 aliphatic carbocycles. The number of benzene rings is 2. The van der Waals surface area contributed by atoms with Gasteiger partial charge in [0.05, 0.1) is 64.5 Å². The molecule has 6 heterocycles. The first kappa shape index (κ1) is 55.8. The van der Waals surface area contributed by atoms with Gasteiger partial charge in [-0.05, 0) is 76.2 Å². The van der Waals surface area contributed by atoms with Crippen LogP contribution in [0.1, 0.15) is 60.5 Å². The van der Waals surface area contributed by atoms with Crippen LogP contribution in [0.15, 0.2) is 84.9 Å². The fraction of sp³-hybridized carbons (Fsp3) is 0.360. The minimum atomic E-state index is -3.96. The van der Waals surface area contributed by atoms with Crippen LogP contribution in [0.5, 0.6) is 34.8 Å². The molecule has 0 bridgehead atoms. The molecule has 2 N–H and O–H groups in total. The van der Waals surface area contributed by atoms with E-state index in [1.54, 1.807) is 118 Å². The molecule has 0 saturated heterocycles. The van der Waals surface area contributed by atoms with Gasteiger partial charge >= 0.3 is 0 Å². The van der Waals surface area contributed by atoms with Crippen LogP contribution in [0.2, 0.25) is 0 Å². The van der Waals surface area contributed by atoms with E-state index in [2.05, 4.69) is 40.6 Å². The highest BCUT2D eigenvalue weighted by Crippen LogP contribution is 2.39. The third kappa shape index (κ3) is 11.5. The Morgan fingerprint density at radius 1 is 0.500 bits per heavy atom. The fourth-order valence-electron chi connectivity index (χ4n) is 7.99. The molecule has 0 fully saturated rings. The summed E-state index contributed by atoms with van der Waals surface area (Å²) in [5.41, 5.74) is 3.73. The van der Waals surface area contributed by atoms with Crippen LogP contribution in [0.4, 0.5) is 0 Å². The lowest BCUT2D eigenvalue weighted by Crippen LogP contribution is -2.28. The number of nitrogens with zero attached hydrogens (tertiary/aromatic N) is 12. The Morgan fingerprint density at radius 2 is 0.829 bits per heavy atom. The summed E-state index contributed by atoms with van der Waals surface area (Å²) in [6, 6.07) is 23.9. The van der Waals surface area contributed by atoms with E-state index < -0.39 is 53.9 Å². The lowest BCUT2D eigenvalue weighted by molar-refractivity contribution is 0.170. The first-order valence-corrected chi connectivity index (χ1v) is 26.8. The van der Waals surface area contributed by atoms with Gasteiger partial charge in [0.15, 0.2) is 43.0 Å². The molecule has 4 atom stereocenters. The number of aliphatic hydroxyl groups excluding tert-OH is 2. The molecule has 0 amide bonds. The predicted octanol–water partition coefficient (Wildman–Crippen LogP) is 4.87. The minimum Gasteiger partial charge on any atom is -0.494 e. The molecule has 0 aliphatic rings. The Hall–Kier alpha value is -7.94. The largest absolute Gasteiger partial charge is 0.494 e. The van der Waals surface area contributed by atoms with E-state index in [1.165, 1.54) is 56.5 Å². The number of ether oxygens (including phenoxy) is 6. The second-order valence-electron chi connectivity index (χ2n) is 17.3. The average Bonchev–Trinajstić information content (AvgIpc) is 4.21. The second kappa shape index (κ2) is 23.3. The zero-order valence-corrected chi connectivity index (χ0v) is 45.6. The zero-order chi connectivity index (χ0) is 55.2. The summed E-state index contributed by atoms with van der Waals surface area (Å²) in [4.78, 5) is 8.91. The first-order valence-electron chi connectivity index (χ1n) is 23.4. The zero-order valence-electron chi connectivity index (χ0n) is 44.0. The summed E-state index contributed by atoms with van der Waals surface area (Å²) in [7, 11) is 4.49. The van der Waals surface area contributed by atoms with Crippen LogP contribution in [0.3, 0.4) is 0 Å². The van der Waals surface area contributed by atoms with E-state index in [-0.39, 0.29) is 34.7 Å². The van der Waals surface area contributed by atoms with Gasteiger partial charge in [-0.15, -0.1) is 20.4 Å². The Labute approximate surface area is 439 Å². The highest BCUT2D eigenvalue weighted by Gasteiger charge is 2.36. The quantitative estimate of drug-likeness (QED) is 0.103. The number of rotatable bonds is 20. The van der Waals surface area contributed by atoms with Gasteiger partial charge in [-0.25, -0.2) is 26.8 Å². The molecule has 0 radical (unpaired) electrons. The molecule has 26 heteroatoms. The number of aromatic nitrogens is 12. The number of methoxy groups -OCH3 is 6. The molecular weight excluding hydrogens is 1020 g/mol. The number of para-hydroxylation sites is 2. The van der Waals surface area contributed by atoms with E-state index >= 15 is 0 Å². The van der Waals surface area contributed by atoms with Crippen LogP contribution in [-0.4, -0.2) is 139 Å². The summed E-state index contributed by atoms with van der Waals surface area (Å²) in [6.07, 6.45) is -2.67. The number of hydrogen-bond acceptors (Lipinski definition) is 20. The number of aliphatic hydroxyl groups is 2. The van der Waals surface area contributed by atoms with E-state index in [4.69, 9.17) is 28.4 Å². The lowest BCUT2D eigenvalue weighted by atomic mass is 10.2. The van der Waals surface area contributed by atoms with Crippen LogP contribution in [-0.2, 0) is 45.3 Å². The monoisotopic (exact) mass is 1080 g/mol. The summed E-state index contributed by atoms with van der Waals surface area (Å²) < 4.78 is 93.4. The van der Waals surface area contributed by atoms with Crippen LogP contribution >= 0.6 is 0 Å². The van der Waals surface area contributed by atoms with Gasteiger partial charge in [-0.1, -0.05) is 24.3 Å². The maximum absolute atomic E-state index is 13.6. The van der Waals surface area contributed by atoms with Crippen molar-refractivity contribution in [1.29, 1.82) is 0 Å². The smallest absolute Gasteiger partial charge is 0.213 e. The lowest BCUT2D eigenvalue weighted by Gasteiger charge is -2.20. The minimum absolute atomic E-state index is 0.0867. The number of pyridine rings is 2. The Bertz CT molecular complexity index is 3240. The molecule has 0 spiro atoms. The molecule has 2 aromatic carbocycles. The van der Waals surface area contributed by atoms with E-state index in [0.29, 0.717) is 57.5 Å². The normalized spacial score (nSPS) is 13.2. The van der Waals surface area contributed by atoms with Gasteiger partial charge in [0.2, 0.25) is 11.8 Å². The standard InChI is InChI=1S/2C25H30N6O6S/c2*1-15-13-18(29-30(15)3)24(32)16(2)38(33,34)14-21-27-28-25(17-9-7-12-22(26-17)37-6)31(21)23-19(35-4)10-8-11-20(23)36-5/h2*7-13,16,24,32H,14H2,1-6H3/t2*16-,24-/m10/s1. The Morgan fingerprint density at radius 3 is 1.12 bits per heavy atom. The molecule has 24 nitrogen and oxygen atoms in total. The molecule has 76 heavy (non-hydrogen) atoms. The SMILES string of the molecule is COc1cccc(-c2nnc(CS(=O)(=O)[C@@H](C)[C@H](O)c3cc(C)n(C)n3)n2-c2c(OC)cccc2OC)n1.COc1cccc(-c2nnc(CS(=O)(=O)[C@H](C)[C@@H](O)c3cc(C)n(C)n3)n2-c2c(OC)cccc2OC)n1. The highest BCUT2D eigenvalue weighted by molar-refractivity contribution is 7.91. The molecule has 404 valence electrons.